The summed E-state index contributed by atoms with van der Waals surface area (Å²) in [5.74, 6) is -2.47. The van der Waals surface area contributed by atoms with Gasteiger partial charge in [0.2, 0.25) is 11.6 Å². The lowest BCUT2D eigenvalue weighted by molar-refractivity contribution is -0.307. The zero-order valence-electron chi connectivity index (χ0n) is 7.07. The number of carbonyl (C=O) groups excluding carboxylic acids is 3. The van der Waals surface area contributed by atoms with Crippen LogP contribution in [0.3, 0.4) is 0 Å². The largest absolute Gasteiger partial charge is 0.548 e. The van der Waals surface area contributed by atoms with Crippen molar-refractivity contribution in [3.05, 3.63) is 23.4 Å². The van der Waals surface area contributed by atoms with Gasteiger partial charge >= 0.3 is 0 Å². The third kappa shape index (κ3) is 1.22. The Morgan fingerprint density at radius 3 is 2.64 bits per heavy atom. The molecule has 1 aliphatic carbocycles. The number of carboxylic acids is 1. The second-order valence-corrected chi connectivity index (χ2v) is 3.18. The van der Waals surface area contributed by atoms with E-state index >= 15 is 0 Å². The smallest absolute Gasteiger partial charge is 0.227 e. The van der Waals surface area contributed by atoms with E-state index in [-0.39, 0.29) is 6.42 Å². The van der Waals surface area contributed by atoms with Gasteiger partial charge in [0.25, 0.3) is 0 Å². The van der Waals surface area contributed by atoms with Gasteiger partial charge < -0.3 is 15.2 Å². The summed E-state index contributed by atoms with van der Waals surface area (Å²) in [5, 5.41) is 13.1. The van der Waals surface area contributed by atoms with Gasteiger partial charge in [0.05, 0.1) is 12.0 Å². The van der Waals surface area contributed by atoms with Gasteiger partial charge in [0.1, 0.15) is 0 Å². The number of fused-ring (bicyclic) bond motifs is 1. The van der Waals surface area contributed by atoms with E-state index in [0.717, 1.165) is 6.08 Å². The molecule has 1 aliphatic heterocycles. The van der Waals surface area contributed by atoms with Crippen LogP contribution in [0.4, 0.5) is 0 Å². The number of nitrogens with one attached hydrogen (secondary N) is 1. The first-order valence-electron chi connectivity index (χ1n) is 4.06. The van der Waals surface area contributed by atoms with Crippen molar-refractivity contribution in [1.29, 1.82) is 0 Å². The summed E-state index contributed by atoms with van der Waals surface area (Å²) in [4.78, 5) is 32.4. The first-order valence-corrected chi connectivity index (χ1v) is 4.06. The molecule has 0 amide bonds. The predicted molar refractivity (Wildman–Crippen MR) is 42.7 cm³/mol. The van der Waals surface area contributed by atoms with E-state index in [1.54, 1.807) is 0 Å². The van der Waals surface area contributed by atoms with Crippen molar-refractivity contribution in [3.8, 4) is 0 Å². The van der Waals surface area contributed by atoms with Crippen LogP contribution in [0.15, 0.2) is 23.4 Å². The van der Waals surface area contributed by atoms with Crippen molar-refractivity contribution in [2.75, 3.05) is 0 Å². The number of carboxylic acid groups (broad SMARTS) is 1. The van der Waals surface area contributed by atoms with Gasteiger partial charge in [-0.15, -0.1) is 0 Å². The molecular weight excluding hydrogens is 186 g/mol. The number of carbonyl (C=O) groups is 3. The van der Waals surface area contributed by atoms with Gasteiger partial charge in [-0.1, -0.05) is 0 Å². The van der Waals surface area contributed by atoms with Crippen LogP contribution in [0.5, 0.6) is 0 Å². The SMILES string of the molecule is O=C1C=C2C[C@H](C(=O)[O-])NC2=CC1=O. The fourth-order valence-corrected chi connectivity index (χ4v) is 1.51. The summed E-state index contributed by atoms with van der Waals surface area (Å²) in [6, 6.07) is -0.841. The lowest BCUT2D eigenvalue weighted by Crippen LogP contribution is -2.41. The molecule has 2 aliphatic rings. The Kier molecular flexibility index (Phi) is 1.73. The van der Waals surface area contributed by atoms with Crippen LogP contribution in [-0.4, -0.2) is 23.6 Å². The van der Waals surface area contributed by atoms with Crippen molar-refractivity contribution in [3.63, 3.8) is 0 Å². The molecular formula is C9H6NO4-. The Hall–Kier alpha value is -1.91. The van der Waals surface area contributed by atoms with Crippen molar-refractivity contribution in [1.82, 2.24) is 5.32 Å². The lowest BCUT2D eigenvalue weighted by atomic mass is 10.0. The topological polar surface area (TPSA) is 86.3 Å². The molecule has 2 rings (SSSR count). The molecule has 1 fully saturated rings. The highest BCUT2D eigenvalue weighted by molar-refractivity contribution is 6.46. The normalized spacial score (nSPS) is 25.0. The summed E-state index contributed by atoms with van der Waals surface area (Å²) >= 11 is 0. The highest BCUT2D eigenvalue weighted by Crippen LogP contribution is 2.25. The predicted octanol–water partition coefficient (Wildman–Crippen LogP) is -1.94. The Morgan fingerprint density at radius 1 is 1.36 bits per heavy atom. The van der Waals surface area contributed by atoms with E-state index in [1.807, 2.05) is 0 Å². The molecule has 72 valence electrons. The molecule has 1 saturated heterocycles. The minimum atomic E-state index is -1.24. The quantitative estimate of drug-likeness (QED) is 0.386. The lowest BCUT2D eigenvalue weighted by Gasteiger charge is -2.10. The van der Waals surface area contributed by atoms with Crippen molar-refractivity contribution in [2.24, 2.45) is 0 Å². The van der Waals surface area contributed by atoms with Gasteiger partial charge in [0, 0.05) is 18.2 Å². The molecule has 0 unspecified atom stereocenters. The Bertz CT molecular complexity index is 373. The molecule has 1 N–H and O–H groups in total. The van der Waals surface area contributed by atoms with Crippen LogP contribution >= 0.6 is 0 Å². The monoisotopic (exact) mass is 192 g/mol. The summed E-state index contributed by atoms with van der Waals surface area (Å²) in [6.07, 6.45) is 2.49. The zero-order chi connectivity index (χ0) is 10.3. The maximum absolute atomic E-state index is 11.0. The molecule has 14 heavy (non-hydrogen) atoms. The van der Waals surface area contributed by atoms with E-state index in [0.29, 0.717) is 11.3 Å². The number of aliphatic carboxylic acids is 1. The van der Waals surface area contributed by atoms with Crippen LogP contribution in [0.2, 0.25) is 0 Å². The number of hydrogen-bond acceptors (Lipinski definition) is 5. The first-order chi connectivity index (χ1) is 6.58. The van der Waals surface area contributed by atoms with Gasteiger partial charge in [-0.25, -0.2) is 0 Å². The van der Waals surface area contributed by atoms with Crippen molar-refractivity contribution >= 4 is 17.5 Å². The second-order valence-electron chi connectivity index (χ2n) is 3.18. The standard InChI is InChI=1S/C9H7NO4/c11-7-2-4-1-6(9(13)14)10-5(4)3-8(7)12/h2-3,6,10H,1H2,(H,13,14)/p-1/t6-/m1/s1. The van der Waals surface area contributed by atoms with E-state index in [9.17, 15) is 19.5 Å². The summed E-state index contributed by atoms with van der Waals surface area (Å²) in [6.45, 7) is 0. The molecule has 0 aromatic rings. The van der Waals surface area contributed by atoms with Gasteiger partial charge in [-0.3, -0.25) is 9.59 Å². The molecule has 0 saturated carbocycles. The van der Waals surface area contributed by atoms with E-state index < -0.39 is 23.6 Å². The van der Waals surface area contributed by atoms with Gasteiger partial charge in [-0.05, 0) is 11.6 Å². The average molecular weight is 192 g/mol. The summed E-state index contributed by atoms with van der Waals surface area (Å²) < 4.78 is 0. The van der Waals surface area contributed by atoms with Crippen LogP contribution in [0, 0.1) is 0 Å². The molecule has 1 heterocycles. The molecule has 5 heteroatoms. The molecule has 0 aromatic carbocycles. The van der Waals surface area contributed by atoms with Crippen molar-refractivity contribution < 1.29 is 19.5 Å². The number of rotatable bonds is 1. The number of ketones is 2. The van der Waals surface area contributed by atoms with E-state index in [1.165, 1.54) is 6.08 Å². The minimum absolute atomic E-state index is 0.188. The third-order valence-electron chi connectivity index (χ3n) is 2.21. The zero-order valence-corrected chi connectivity index (χ0v) is 7.07. The summed E-state index contributed by atoms with van der Waals surface area (Å²) in [7, 11) is 0. The minimum Gasteiger partial charge on any atom is -0.548 e. The van der Waals surface area contributed by atoms with Gasteiger partial charge in [-0.2, -0.15) is 0 Å². The van der Waals surface area contributed by atoms with Crippen LogP contribution < -0.4 is 10.4 Å². The Balaban J connectivity index is 2.31. The Morgan fingerprint density at radius 2 is 2.00 bits per heavy atom. The molecule has 0 spiro atoms. The first kappa shape index (κ1) is 8.68. The summed E-state index contributed by atoms with van der Waals surface area (Å²) in [5.41, 5.74) is 0.979. The molecule has 5 nitrogen and oxygen atoms in total. The molecule has 0 aromatic heterocycles. The number of allylic oxidation sites excluding steroid dienone is 3. The van der Waals surface area contributed by atoms with Crippen LogP contribution in [0.25, 0.3) is 0 Å². The number of hydrogen-bond donors (Lipinski definition) is 1. The second kappa shape index (κ2) is 2.80. The van der Waals surface area contributed by atoms with Crippen LogP contribution in [0.1, 0.15) is 6.42 Å². The van der Waals surface area contributed by atoms with E-state index in [4.69, 9.17) is 0 Å². The third-order valence-corrected chi connectivity index (χ3v) is 2.21. The van der Waals surface area contributed by atoms with Crippen molar-refractivity contribution in [2.45, 2.75) is 12.5 Å². The van der Waals surface area contributed by atoms with E-state index in [2.05, 4.69) is 5.32 Å². The van der Waals surface area contributed by atoms with Crippen LogP contribution in [-0.2, 0) is 14.4 Å². The maximum Gasteiger partial charge on any atom is 0.227 e. The highest BCUT2D eigenvalue weighted by atomic mass is 16.4. The molecule has 0 bridgehead atoms. The molecule has 0 radical (unpaired) electrons. The maximum atomic E-state index is 11.0. The van der Waals surface area contributed by atoms with Gasteiger partial charge in [0.15, 0.2) is 0 Å². The fraction of sp³-hybridized carbons (Fsp3) is 0.222. The molecule has 1 atom stereocenters. The highest BCUT2D eigenvalue weighted by Gasteiger charge is 2.29. The Labute approximate surface area is 79.1 Å². The average Bonchev–Trinajstić information content (AvgIpc) is 2.48. The fourth-order valence-electron chi connectivity index (χ4n) is 1.51.